The van der Waals surface area contributed by atoms with Crippen molar-refractivity contribution in [1.82, 2.24) is 31.5 Å². The van der Waals surface area contributed by atoms with E-state index in [4.69, 9.17) is 4.74 Å². The zero-order valence-electron chi connectivity index (χ0n) is 34.2. The van der Waals surface area contributed by atoms with Crippen LogP contribution in [0.2, 0.25) is 0 Å². The number of carbonyl (C=O) groups is 5. The summed E-state index contributed by atoms with van der Waals surface area (Å²) in [5, 5.41) is 16.1. The average molecular weight is 829 g/mol. The molecule has 6 atom stereocenters. The molecule has 0 bridgehead atoms. The van der Waals surface area contributed by atoms with Crippen molar-refractivity contribution in [3.8, 4) is 0 Å². The lowest BCUT2D eigenvalue weighted by Crippen LogP contribution is -2.36. The average Bonchev–Trinajstić information content (AvgIpc) is 3.97. The number of nitrogens with zero attached hydrogens (tertiary/aromatic N) is 1. The second-order valence-electron chi connectivity index (χ2n) is 16.4. The van der Waals surface area contributed by atoms with Crippen LogP contribution < -0.4 is 26.6 Å². The quantitative estimate of drug-likeness (QED) is 0.0337. The van der Waals surface area contributed by atoms with Gasteiger partial charge in [0.25, 0.3) is 0 Å². The Bertz CT molecular complexity index is 1430. The Kier molecular flexibility index (Phi) is 19.7. The molecule has 5 amide bonds. The molecule has 0 spiro atoms. The summed E-state index contributed by atoms with van der Waals surface area (Å²) in [6, 6.07) is 8.65. The van der Waals surface area contributed by atoms with Crippen LogP contribution in [0.1, 0.15) is 138 Å². The summed E-state index contributed by atoms with van der Waals surface area (Å²) < 4.78 is 4.86. The van der Waals surface area contributed by atoms with E-state index in [9.17, 15) is 24.0 Å². The molecule has 6 unspecified atom stereocenters. The van der Waals surface area contributed by atoms with Crippen LogP contribution in [0.5, 0.6) is 0 Å². The van der Waals surface area contributed by atoms with Crippen LogP contribution in [0, 0.1) is 0 Å². The van der Waals surface area contributed by atoms with Gasteiger partial charge in [0, 0.05) is 54.4 Å². The molecule has 0 aliphatic carbocycles. The summed E-state index contributed by atoms with van der Waals surface area (Å²) in [5.41, 5.74) is 1.76. The molecule has 4 fully saturated rings. The predicted molar refractivity (Wildman–Crippen MR) is 230 cm³/mol. The van der Waals surface area contributed by atoms with Crippen molar-refractivity contribution in [2.75, 3.05) is 38.2 Å². The van der Waals surface area contributed by atoms with Crippen molar-refractivity contribution in [2.24, 2.45) is 0 Å². The third-order valence-electron chi connectivity index (χ3n) is 11.9. The number of methoxy groups -OCH3 is 1. The molecule has 57 heavy (non-hydrogen) atoms. The van der Waals surface area contributed by atoms with Crippen LogP contribution in [0.3, 0.4) is 0 Å². The maximum atomic E-state index is 12.5. The number of carbonyl (C=O) groups excluding carboxylic acids is 5. The van der Waals surface area contributed by atoms with E-state index in [-0.39, 0.29) is 48.1 Å². The van der Waals surface area contributed by atoms with Gasteiger partial charge >= 0.3 is 18.0 Å². The van der Waals surface area contributed by atoms with E-state index in [2.05, 4.69) is 31.5 Å². The monoisotopic (exact) mass is 828 g/mol. The van der Waals surface area contributed by atoms with Gasteiger partial charge in [-0.15, -0.1) is 0 Å². The minimum Gasteiger partial charge on any atom is -0.465 e. The Morgan fingerprint density at radius 1 is 0.667 bits per heavy atom. The number of unbranched alkanes of at least 4 members (excludes halogenated alkanes) is 10. The molecule has 0 aromatic heterocycles. The van der Waals surface area contributed by atoms with E-state index in [1.165, 1.54) is 12.7 Å². The van der Waals surface area contributed by atoms with Gasteiger partial charge in [0.1, 0.15) is 5.78 Å². The number of nitrogens with one attached hydrogen (secondary N) is 5. The molecule has 5 rings (SSSR count). The van der Waals surface area contributed by atoms with Gasteiger partial charge in [0.05, 0.1) is 36.8 Å². The van der Waals surface area contributed by atoms with Crippen LogP contribution in [-0.4, -0.2) is 108 Å². The van der Waals surface area contributed by atoms with Crippen molar-refractivity contribution in [2.45, 2.75) is 163 Å². The zero-order valence-corrected chi connectivity index (χ0v) is 35.8. The first kappa shape index (κ1) is 45.1. The number of urea groups is 2. The van der Waals surface area contributed by atoms with Crippen LogP contribution in [0.25, 0.3) is 0 Å². The number of fused-ring (bicyclic) bond motifs is 2. The molecule has 0 saturated carbocycles. The van der Waals surface area contributed by atoms with Crippen LogP contribution in [0.15, 0.2) is 24.3 Å². The van der Waals surface area contributed by atoms with Gasteiger partial charge in [-0.05, 0) is 82.2 Å². The van der Waals surface area contributed by atoms with E-state index in [1.807, 2.05) is 47.8 Å². The molecule has 1 aromatic carbocycles. The van der Waals surface area contributed by atoms with Crippen molar-refractivity contribution >= 4 is 53.2 Å². The highest BCUT2D eigenvalue weighted by atomic mass is 32.2. The number of hydrogen-bond donors (Lipinski definition) is 5. The van der Waals surface area contributed by atoms with E-state index in [0.29, 0.717) is 41.1 Å². The fraction of sp³-hybridized carbons (Fsp3) is 0.744. The lowest BCUT2D eigenvalue weighted by molar-refractivity contribution is -0.121. The normalized spacial score (nSPS) is 23.4. The molecule has 4 aliphatic rings. The summed E-state index contributed by atoms with van der Waals surface area (Å²) in [5.74, 6) is 2.17. The summed E-state index contributed by atoms with van der Waals surface area (Å²) in [6.07, 6.45) is 19.0. The summed E-state index contributed by atoms with van der Waals surface area (Å²) in [7, 11) is 1.40. The lowest BCUT2D eigenvalue weighted by atomic mass is 10.0. The first-order valence-corrected chi connectivity index (χ1v) is 23.9. The Hall–Kier alpha value is -2.97. The number of Topliss-reactive ketones (excluding diaryl/α,β-unsaturated/α-hetero) is 1. The van der Waals surface area contributed by atoms with E-state index in [1.54, 1.807) is 0 Å². The number of hydrogen-bond acceptors (Lipinski definition) is 9. The Labute approximate surface area is 349 Å². The van der Waals surface area contributed by atoms with E-state index >= 15 is 0 Å². The molecule has 318 valence electrons. The fourth-order valence-electron chi connectivity index (χ4n) is 8.60. The topological polar surface area (TPSA) is 158 Å². The molecule has 5 N–H and O–H groups in total. The number of ether oxygens (including phenoxy) is 1. The molecule has 14 heteroatoms. The molecular formula is C43H68N6O6S2. The number of rotatable bonds is 29. The molecule has 12 nitrogen and oxygen atoms in total. The van der Waals surface area contributed by atoms with E-state index in [0.717, 1.165) is 140 Å². The largest absolute Gasteiger partial charge is 0.465 e. The fourth-order valence-corrected chi connectivity index (χ4v) is 11.7. The summed E-state index contributed by atoms with van der Waals surface area (Å²) in [4.78, 5) is 62.5. The van der Waals surface area contributed by atoms with Gasteiger partial charge in [-0.2, -0.15) is 23.5 Å². The third kappa shape index (κ3) is 15.6. The highest BCUT2D eigenvalue weighted by Crippen LogP contribution is 2.34. The molecular weight excluding hydrogens is 761 g/mol. The molecule has 0 radical (unpaired) electrons. The van der Waals surface area contributed by atoms with Crippen molar-refractivity contribution < 1.29 is 28.7 Å². The standard InChI is InChI=1S/C43H68N6O6S2/c1-55-41(52)32-23-21-31(22-24-32)28-49(26-14-6-2-4-8-16-33(50)17-9-10-18-36-39-34(29-56-36)45-42(53)47-39)27-15-7-3-5-13-25-44-38(51)20-12-11-19-37-40-35(30-57-37)46-43(54)48-40/h21-24,34-37,39-40H,2-20,25-30H2,1H3,(H,44,51)(H2,45,47,53)(H2,46,48,54). The van der Waals surface area contributed by atoms with Crippen molar-refractivity contribution in [1.29, 1.82) is 0 Å². The minimum atomic E-state index is -0.317. The third-order valence-corrected chi connectivity index (χ3v) is 14.9. The predicted octanol–water partition coefficient (Wildman–Crippen LogP) is 6.70. The minimum absolute atomic E-state index is 0.0400. The highest BCUT2D eigenvalue weighted by molar-refractivity contribution is 8.00. The maximum Gasteiger partial charge on any atom is 0.337 e. The number of thioether (sulfide) groups is 2. The summed E-state index contributed by atoms with van der Waals surface area (Å²) >= 11 is 3.86. The smallest absolute Gasteiger partial charge is 0.337 e. The Balaban J connectivity index is 0.874. The van der Waals surface area contributed by atoms with Gasteiger partial charge in [-0.3, -0.25) is 14.5 Å². The first-order chi connectivity index (χ1) is 27.8. The maximum absolute atomic E-state index is 12.5. The number of ketones is 1. The van der Waals surface area contributed by atoms with Crippen LogP contribution in [-0.2, 0) is 20.9 Å². The zero-order chi connectivity index (χ0) is 40.2. The number of amides is 5. The lowest BCUT2D eigenvalue weighted by Gasteiger charge is -2.22. The van der Waals surface area contributed by atoms with Crippen molar-refractivity contribution in [3.05, 3.63) is 35.4 Å². The molecule has 4 aliphatic heterocycles. The van der Waals surface area contributed by atoms with E-state index < -0.39 is 0 Å². The molecule has 1 aromatic rings. The van der Waals surface area contributed by atoms with Crippen molar-refractivity contribution in [3.63, 3.8) is 0 Å². The van der Waals surface area contributed by atoms with Gasteiger partial charge < -0.3 is 31.3 Å². The van der Waals surface area contributed by atoms with Gasteiger partial charge in [-0.25, -0.2) is 14.4 Å². The second-order valence-corrected chi connectivity index (χ2v) is 18.9. The van der Waals surface area contributed by atoms with Gasteiger partial charge in [-0.1, -0.05) is 63.5 Å². The van der Waals surface area contributed by atoms with Crippen LogP contribution in [0.4, 0.5) is 9.59 Å². The summed E-state index contributed by atoms with van der Waals surface area (Å²) in [6.45, 7) is 3.64. The van der Waals surface area contributed by atoms with Crippen LogP contribution >= 0.6 is 23.5 Å². The number of esters is 1. The first-order valence-electron chi connectivity index (χ1n) is 21.8. The van der Waals surface area contributed by atoms with Gasteiger partial charge in [0.2, 0.25) is 5.91 Å². The Morgan fingerprint density at radius 3 is 1.75 bits per heavy atom. The number of benzene rings is 1. The molecule has 4 saturated heterocycles. The second kappa shape index (κ2) is 24.8. The Morgan fingerprint density at radius 2 is 1.18 bits per heavy atom. The molecule has 4 heterocycles. The SMILES string of the molecule is COC(=O)c1ccc(CN(CCCCCCCNC(=O)CCCCC2SCC3NC(=O)NC32)CCCCCCCC(=O)CCCCC2SCC3NC(=O)NC32)cc1. The van der Waals surface area contributed by atoms with Gasteiger partial charge in [0.15, 0.2) is 0 Å². The highest BCUT2D eigenvalue weighted by Gasteiger charge is 2.43.